The summed E-state index contributed by atoms with van der Waals surface area (Å²) in [4.78, 5) is 39.8. The predicted octanol–water partition coefficient (Wildman–Crippen LogP) is 1.18. The summed E-state index contributed by atoms with van der Waals surface area (Å²) in [7, 11) is -1.94. The van der Waals surface area contributed by atoms with E-state index in [9.17, 15) is 22.8 Å². The van der Waals surface area contributed by atoms with Crippen LogP contribution in [0.5, 0.6) is 5.75 Å². The van der Waals surface area contributed by atoms with Gasteiger partial charge < -0.3 is 15.5 Å². The molecule has 0 bridgehead atoms. The average Bonchev–Trinajstić information content (AvgIpc) is 3.08. The second kappa shape index (κ2) is 11.2. The van der Waals surface area contributed by atoms with Crippen LogP contribution in [0.1, 0.15) is 62.7 Å². The molecule has 36 heavy (non-hydrogen) atoms. The van der Waals surface area contributed by atoms with Crippen molar-refractivity contribution in [1.29, 1.82) is 0 Å². The molecule has 0 unspecified atom stereocenters. The van der Waals surface area contributed by atoms with Crippen molar-refractivity contribution in [2.75, 3.05) is 45.7 Å². The highest BCUT2D eigenvalue weighted by atomic mass is 32.2. The molecule has 1 aromatic carbocycles. The summed E-state index contributed by atoms with van der Waals surface area (Å²) >= 11 is 0. The van der Waals surface area contributed by atoms with Gasteiger partial charge in [-0.05, 0) is 51.1 Å². The lowest BCUT2D eigenvalue weighted by molar-refractivity contribution is 0.0842. The van der Waals surface area contributed by atoms with Crippen molar-refractivity contribution in [3.63, 3.8) is 0 Å². The molecule has 2 heterocycles. The van der Waals surface area contributed by atoms with E-state index in [-0.39, 0.29) is 28.5 Å². The maximum Gasteiger partial charge on any atom is 0.276 e. The summed E-state index contributed by atoms with van der Waals surface area (Å²) in [5.41, 5.74) is 1.05. The Kier molecular flexibility index (Phi) is 8.54. The predicted molar refractivity (Wildman–Crippen MR) is 134 cm³/mol. The van der Waals surface area contributed by atoms with Crippen molar-refractivity contribution in [2.45, 2.75) is 38.5 Å². The quantitative estimate of drug-likeness (QED) is 0.286. The molecular weight excluding hydrogens is 486 g/mol. The standard InChI is InChI=1S/C24H33N5O6S/c1-5-7-20-19(15-30)16(3)22(29(20)25)24(32)26-23(31)18-14-17(8-9-21(18)35-6-2)36(33,34)28-12-10-27(4)11-13-28/h8-9,14-15H,5-7,10-13,25H2,1-4H3,(H,26,31,32). The Hall–Kier alpha value is -3.22. The number of nitrogens with two attached hydrogens (primary N) is 1. The van der Waals surface area contributed by atoms with Gasteiger partial charge in [0.15, 0.2) is 6.29 Å². The fraction of sp³-hybridized carbons (Fsp3) is 0.458. The van der Waals surface area contributed by atoms with E-state index in [1.807, 2.05) is 18.9 Å². The van der Waals surface area contributed by atoms with E-state index in [0.29, 0.717) is 62.1 Å². The van der Waals surface area contributed by atoms with Crippen LogP contribution < -0.4 is 15.9 Å². The molecule has 1 fully saturated rings. The molecule has 0 saturated carbocycles. The third-order valence-corrected chi connectivity index (χ3v) is 8.14. The van der Waals surface area contributed by atoms with E-state index in [1.165, 1.54) is 22.5 Å². The Morgan fingerprint density at radius 3 is 2.39 bits per heavy atom. The van der Waals surface area contributed by atoms with Crippen molar-refractivity contribution < 1.29 is 27.5 Å². The minimum Gasteiger partial charge on any atom is -0.493 e. The van der Waals surface area contributed by atoms with E-state index >= 15 is 0 Å². The molecule has 0 aliphatic carbocycles. The molecule has 1 aliphatic heterocycles. The molecule has 1 aromatic heterocycles. The summed E-state index contributed by atoms with van der Waals surface area (Å²) < 4.78 is 34.5. The zero-order chi connectivity index (χ0) is 26.6. The number of nitrogens with zero attached hydrogens (tertiary/aromatic N) is 3. The van der Waals surface area contributed by atoms with Crippen LogP contribution in [0.2, 0.25) is 0 Å². The van der Waals surface area contributed by atoms with Crippen LogP contribution in [0.3, 0.4) is 0 Å². The number of likely N-dealkylation sites (N-methyl/N-ethyl adjacent to an activating group) is 1. The number of hydrogen-bond donors (Lipinski definition) is 2. The molecule has 3 N–H and O–H groups in total. The summed E-state index contributed by atoms with van der Waals surface area (Å²) in [6.45, 7) is 7.31. The van der Waals surface area contributed by atoms with Gasteiger partial charge in [0.2, 0.25) is 10.0 Å². The third kappa shape index (κ3) is 5.30. The number of aromatic nitrogens is 1. The lowest BCUT2D eigenvalue weighted by Crippen LogP contribution is -2.47. The molecular formula is C24H33N5O6S. The second-order valence-electron chi connectivity index (χ2n) is 8.65. The number of amides is 2. The minimum atomic E-state index is -3.86. The molecule has 1 aliphatic rings. The number of carbonyl (C=O) groups excluding carboxylic acids is 3. The van der Waals surface area contributed by atoms with Crippen molar-refractivity contribution in [1.82, 2.24) is 19.2 Å². The highest BCUT2D eigenvalue weighted by Crippen LogP contribution is 2.26. The van der Waals surface area contributed by atoms with E-state index < -0.39 is 21.8 Å². The number of piperazine rings is 1. The molecule has 1 saturated heterocycles. The number of hydrogen-bond acceptors (Lipinski definition) is 8. The molecule has 3 rings (SSSR count). The number of ether oxygens (including phenoxy) is 1. The number of nitrogen functional groups attached to an aromatic ring is 1. The van der Waals surface area contributed by atoms with Crippen LogP contribution >= 0.6 is 0 Å². The first-order valence-electron chi connectivity index (χ1n) is 11.8. The largest absolute Gasteiger partial charge is 0.493 e. The lowest BCUT2D eigenvalue weighted by atomic mass is 10.1. The number of rotatable bonds is 9. The molecule has 2 aromatic rings. The number of benzene rings is 1. The monoisotopic (exact) mass is 519 g/mol. The van der Waals surface area contributed by atoms with Gasteiger partial charge in [0.1, 0.15) is 11.4 Å². The molecule has 196 valence electrons. The van der Waals surface area contributed by atoms with Gasteiger partial charge in [-0.3, -0.25) is 24.4 Å². The maximum atomic E-state index is 13.2. The van der Waals surface area contributed by atoms with Crippen LogP contribution in [0.25, 0.3) is 0 Å². The second-order valence-corrected chi connectivity index (χ2v) is 10.6. The Balaban J connectivity index is 1.95. The first-order chi connectivity index (χ1) is 17.1. The molecule has 11 nitrogen and oxygen atoms in total. The molecule has 12 heteroatoms. The van der Waals surface area contributed by atoms with E-state index in [4.69, 9.17) is 10.6 Å². The highest BCUT2D eigenvalue weighted by molar-refractivity contribution is 7.89. The van der Waals surface area contributed by atoms with Crippen molar-refractivity contribution >= 4 is 28.1 Å². The molecule has 0 atom stereocenters. The highest BCUT2D eigenvalue weighted by Gasteiger charge is 2.30. The van der Waals surface area contributed by atoms with Crippen molar-refractivity contribution in [3.05, 3.63) is 46.3 Å². The number of imide groups is 1. The van der Waals surface area contributed by atoms with Crippen LogP contribution in [-0.4, -0.2) is 80.2 Å². The summed E-state index contributed by atoms with van der Waals surface area (Å²) in [6, 6.07) is 4.02. The molecule has 0 radical (unpaired) electrons. The van der Waals surface area contributed by atoms with Crippen LogP contribution in [0.15, 0.2) is 23.1 Å². The number of aldehydes is 1. The average molecular weight is 520 g/mol. The first-order valence-corrected chi connectivity index (χ1v) is 13.3. The smallest absolute Gasteiger partial charge is 0.276 e. The maximum absolute atomic E-state index is 13.2. The summed E-state index contributed by atoms with van der Waals surface area (Å²) in [5.74, 6) is 4.60. The van der Waals surface area contributed by atoms with E-state index in [0.717, 1.165) is 4.68 Å². The van der Waals surface area contributed by atoms with Gasteiger partial charge in [-0.1, -0.05) is 13.3 Å². The van der Waals surface area contributed by atoms with E-state index in [2.05, 4.69) is 5.32 Å². The van der Waals surface area contributed by atoms with Crippen LogP contribution in [0, 0.1) is 6.92 Å². The van der Waals surface area contributed by atoms with Crippen molar-refractivity contribution in [3.8, 4) is 5.75 Å². The third-order valence-electron chi connectivity index (χ3n) is 6.24. The fourth-order valence-electron chi connectivity index (χ4n) is 4.25. The number of nitrogens with one attached hydrogen (secondary N) is 1. The van der Waals surface area contributed by atoms with Gasteiger partial charge in [-0.2, -0.15) is 4.31 Å². The molecule has 0 spiro atoms. The van der Waals surface area contributed by atoms with Gasteiger partial charge in [0.05, 0.1) is 22.8 Å². The minimum absolute atomic E-state index is 0.0203. The van der Waals surface area contributed by atoms with Crippen molar-refractivity contribution in [2.24, 2.45) is 0 Å². The number of carbonyl (C=O) groups is 3. The first kappa shape index (κ1) is 27.4. The number of sulfonamides is 1. The van der Waals surface area contributed by atoms with Gasteiger partial charge in [0, 0.05) is 31.7 Å². The zero-order valence-corrected chi connectivity index (χ0v) is 21.9. The summed E-state index contributed by atoms with van der Waals surface area (Å²) in [6.07, 6.45) is 1.82. The van der Waals surface area contributed by atoms with Gasteiger partial charge >= 0.3 is 0 Å². The Labute approximate surface area is 211 Å². The van der Waals surface area contributed by atoms with E-state index in [1.54, 1.807) is 13.8 Å². The topological polar surface area (TPSA) is 144 Å². The Morgan fingerprint density at radius 1 is 1.14 bits per heavy atom. The lowest BCUT2D eigenvalue weighted by Gasteiger charge is -2.31. The van der Waals surface area contributed by atoms with Gasteiger partial charge in [0.25, 0.3) is 11.8 Å². The fourth-order valence-corrected chi connectivity index (χ4v) is 5.70. The molecule has 2 amide bonds. The SMILES string of the molecule is CCCc1c(C=O)c(C)c(C(=O)NC(=O)c2cc(S(=O)(=O)N3CCN(C)CC3)ccc2OCC)n1N. The zero-order valence-electron chi connectivity index (χ0n) is 21.0. The Bertz CT molecular complexity index is 1260. The van der Waals surface area contributed by atoms with Crippen LogP contribution in [0.4, 0.5) is 0 Å². The summed E-state index contributed by atoms with van der Waals surface area (Å²) in [5, 5.41) is 2.27. The van der Waals surface area contributed by atoms with Gasteiger partial charge in [-0.25, -0.2) is 8.42 Å². The normalized spacial score (nSPS) is 15.0. The van der Waals surface area contributed by atoms with Crippen LogP contribution in [-0.2, 0) is 16.4 Å². The van der Waals surface area contributed by atoms with Gasteiger partial charge in [-0.15, -0.1) is 0 Å². The Morgan fingerprint density at radius 2 is 1.81 bits per heavy atom.